The molecule has 0 fully saturated rings. The van der Waals surface area contributed by atoms with Gasteiger partial charge in [-0.1, -0.05) is 287 Å². The molecular weight excluding hydrogens is 1100 g/mol. The van der Waals surface area contributed by atoms with Crippen LogP contribution in [0, 0.1) is 0 Å². The summed E-state index contributed by atoms with van der Waals surface area (Å²) in [5.74, 6) is -2.33. The molecule has 0 spiro atoms. The molecule has 9 heteroatoms. The van der Waals surface area contributed by atoms with Gasteiger partial charge in [0.1, 0.15) is 13.2 Å². The third-order valence-electron chi connectivity index (χ3n) is 14.5. The van der Waals surface area contributed by atoms with E-state index in [4.69, 9.17) is 18.9 Å². The van der Waals surface area contributed by atoms with E-state index in [1.807, 2.05) is 21.1 Å². The number of quaternary nitrogens is 1. The number of esters is 2. The number of nitrogens with zero attached hydrogens (tertiary/aromatic N) is 1. The third-order valence-corrected chi connectivity index (χ3v) is 14.5. The number of ether oxygens (including phenoxy) is 4. The molecule has 0 aliphatic rings. The van der Waals surface area contributed by atoms with Crippen LogP contribution in [0.2, 0.25) is 0 Å². The highest BCUT2D eigenvalue weighted by molar-refractivity contribution is 5.70. The number of unbranched alkanes of at least 4 members (excludes halogenated alkanes) is 20. The lowest BCUT2D eigenvalue weighted by atomic mass is 10.0. The van der Waals surface area contributed by atoms with Crippen LogP contribution in [0.1, 0.15) is 258 Å². The molecule has 0 saturated carbocycles. The summed E-state index contributed by atoms with van der Waals surface area (Å²) < 4.78 is 22.7. The van der Waals surface area contributed by atoms with E-state index in [9.17, 15) is 19.5 Å². The second-order valence-corrected chi connectivity index (χ2v) is 24.1. The van der Waals surface area contributed by atoms with Crippen molar-refractivity contribution in [1.82, 2.24) is 0 Å². The number of likely N-dealkylation sites (N-methyl/N-ethyl adjacent to an activating group) is 1. The first-order valence-electron chi connectivity index (χ1n) is 35.3. The molecule has 0 saturated heterocycles. The van der Waals surface area contributed by atoms with Gasteiger partial charge in [-0.05, 0) is 128 Å². The lowest BCUT2D eigenvalue weighted by Crippen LogP contribution is -2.44. The van der Waals surface area contributed by atoms with E-state index in [1.165, 1.54) is 83.5 Å². The van der Waals surface area contributed by atoms with Gasteiger partial charge in [0, 0.05) is 12.8 Å². The minimum Gasteiger partial charge on any atom is -0.545 e. The number of carboxylic acids is 1. The first kappa shape index (κ1) is 83.7. The Bertz CT molecular complexity index is 2070. The molecular formula is C80H129NO8. The first-order valence-corrected chi connectivity index (χ1v) is 35.3. The van der Waals surface area contributed by atoms with Gasteiger partial charge in [0.15, 0.2) is 12.4 Å². The maximum Gasteiger partial charge on any atom is 0.306 e. The molecule has 0 aromatic rings. The summed E-state index contributed by atoms with van der Waals surface area (Å²) in [6.45, 7) is 4.48. The van der Waals surface area contributed by atoms with Crippen LogP contribution in [-0.4, -0.2) is 82.3 Å². The van der Waals surface area contributed by atoms with Crippen molar-refractivity contribution < 1.29 is 42.9 Å². The molecule has 9 nitrogen and oxygen atoms in total. The summed E-state index contributed by atoms with van der Waals surface area (Å²) >= 11 is 0. The van der Waals surface area contributed by atoms with E-state index >= 15 is 0 Å². The van der Waals surface area contributed by atoms with Crippen molar-refractivity contribution in [3.63, 3.8) is 0 Å². The molecule has 2 atom stereocenters. The summed E-state index contributed by atoms with van der Waals surface area (Å²) in [4.78, 5) is 37.5. The Hall–Kier alpha value is -5.35. The number of hydrogen-bond acceptors (Lipinski definition) is 8. The lowest BCUT2D eigenvalue weighted by Gasteiger charge is -2.26. The summed E-state index contributed by atoms with van der Waals surface area (Å²) in [6, 6.07) is 0. The Morgan fingerprint density at radius 2 is 0.607 bits per heavy atom. The predicted molar refractivity (Wildman–Crippen MR) is 379 cm³/mol. The van der Waals surface area contributed by atoms with Gasteiger partial charge >= 0.3 is 11.9 Å². The topological polar surface area (TPSA) is 111 Å². The molecule has 2 unspecified atom stereocenters. The average Bonchev–Trinajstić information content (AvgIpc) is 3.64. The fourth-order valence-electron chi connectivity index (χ4n) is 9.14. The van der Waals surface area contributed by atoms with Gasteiger partial charge in [-0.2, -0.15) is 0 Å². The molecule has 0 aliphatic carbocycles. The number of hydrogen-bond donors (Lipinski definition) is 0. The third kappa shape index (κ3) is 70.0. The maximum absolute atomic E-state index is 12.9. The standard InChI is InChI=1S/C80H129NO8/c1-6-8-10-12-14-16-18-20-22-24-26-28-30-31-32-33-34-35-36-37-38-39-40-41-42-43-44-45-46-47-49-51-53-55-57-59-61-63-65-67-69-71-78(83)89-76(75-88-80(79(84)85)86-73-72-81(3,4)5)74-87-77(82)70-68-66-64-62-60-58-56-54-52-50-48-29-27-25-23-21-19-17-15-13-11-9-7-2/h8-11,14-17,20-23,26-29,31-32,34-35,37-38,40-41,50,52,56,58,76,80H,6-7,12-13,18-19,24-25,30,33,36,39,42-49,51,53-55,57,59-75H2,1-5H3/b10-8-,11-9-,16-14-,17-15-,22-20-,23-21-,28-26-,29-27-,32-31-,35-34-,38-37-,41-40-,52-50-,58-56-. The van der Waals surface area contributed by atoms with Gasteiger partial charge in [-0.15, -0.1) is 0 Å². The number of carboxylic acid groups (broad SMARTS) is 1. The van der Waals surface area contributed by atoms with Crippen LogP contribution in [0.15, 0.2) is 170 Å². The van der Waals surface area contributed by atoms with Gasteiger partial charge in [0.2, 0.25) is 0 Å². The summed E-state index contributed by atoms with van der Waals surface area (Å²) in [7, 11) is 5.91. The summed E-state index contributed by atoms with van der Waals surface area (Å²) in [6.07, 6.45) is 100. The lowest BCUT2D eigenvalue weighted by molar-refractivity contribution is -0.870. The van der Waals surface area contributed by atoms with Gasteiger partial charge in [0.25, 0.3) is 0 Å². The van der Waals surface area contributed by atoms with Gasteiger partial charge in [-0.25, -0.2) is 0 Å². The largest absolute Gasteiger partial charge is 0.545 e. The summed E-state index contributed by atoms with van der Waals surface area (Å²) in [5.41, 5.74) is 0. The minimum atomic E-state index is -1.64. The average molecular weight is 1230 g/mol. The van der Waals surface area contributed by atoms with E-state index in [1.54, 1.807) is 0 Å². The van der Waals surface area contributed by atoms with Gasteiger partial charge in [0.05, 0.1) is 40.3 Å². The predicted octanol–water partition coefficient (Wildman–Crippen LogP) is 20.9. The van der Waals surface area contributed by atoms with Crippen molar-refractivity contribution in [3.8, 4) is 0 Å². The Kier molecular flexibility index (Phi) is 64.4. The van der Waals surface area contributed by atoms with Crippen molar-refractivity contribution in [1.29, 1.82) is 0 Å². The van der Waals surface area contributed by atoms with E-state index in [0.717, 1.165) is 135 Å². The van der Waals surface area contributed by atoms with Crippen LogP contribution >= 0.6 is 0 Å². The molecule has 0 aliphatic heterocycles. The smallest absolute Gasteiger partial charge is 0.306 e. The van der Waals surface area contributed by atoms with E-state index in [0.29, 0.717) is 23.9 Å². The number of carbonyl (C=O) groups excluding carboxylic acids is 3. The highest BCUT2D eigenvalue weighted by atomic mass is 16.7. The molecule has 0 aromatic heterocycles. The Balaban J connectivity index is 4.13. The number of rotatable bonds is 63. The molecule has 0 radical (unpaired) electrons. The monoisotopic (exact) mass is 1230 g/mol. The van der Waals surface area contributed by atoms with E-state index in [-0.39, 0.29) is 38.6 Å². The van der Waals surface area contributed by atoms with Crippen LogP contribution in [-0.2, 0) is 33.3 Å². The second-order valence-electron chi connectivity index (χ2n) is 24.1. The molecule has 89 heavy (non-hydrogen) atoms. The van der Waals surface area contributed by atoms with Crippen LogP contribution < -0.4 is 5.11 Å². The number of aliphatic carboxylic acids is 1. The Morgan fingerprint density at radius 3 is 0.899 bits per heavy atom. The van der Waals surface area contributed by atoms with Gasteiger partial charge in [-0.3, -0.25) is 9.59 Å². The quantitative estimate of drug-likeness (QED) is 0.0195. The fourth-order valence-corrected chi connectivity index (χ4v) is 9.14. The zero-order chi connectivity index (χ0) is 64.7. The highest BCUT2D eigenvalue weighted by Crippen LogP contribution is 2.16. The Morgan fingerprint density at radius 1 is 0.337 bits per heavy atom. The first-order chi connectivity index (χ1) is 43.6. The van der Waals surface area contributed by atoms with Crippen LogP contribution in [0.4, 0.5) is 0 Å². The number of allylic oxidation sites excluding steroid dienone is 28. The minimum absolute atomic E-state index is 0.136. The van der Waals surface area contributed by atoms with Crippen LogP contribution in [0.25, 0.3) is 0 Å². The van der Waals surface area contributed by atoms with Crippen molar-refractivity contribution in [2.24, 2.45) is 0 Å². The van der Waals surface area contributed by atoms with Crippen molar-refractivity contribution in [3.05, 3.63) is 170 Å². The normalized spacial score (nSPS) is 13.8. The van der Waals surface area contributed by atoms with Crippen molar-refractivity contribution >= 4 is 17.9 Å². The molecule has 0 aromatic carbocycles. The Labute approximate surface area is 546 Å². The molecule has 0 bridgehead atoms. The zero-order valence-corrected chi connectivity index (χ0v) is 57.2. The second kappa shape index (κ2) is 68.6. The van der Waals surface area contributed by atoms with Crippen molar-refractivity contribution in [2.75, 3.05) is 47.5 Å². The van der Waals surface area contributed by atoms with Crippen LogP contribution in [0.5, 0.6) is 0 Å². The van der Waals surface area contributed by atoms with Crippen molar-refractivity contribution in [2.45, 2.75) is 270 Å². The van der Waals surface area contributed by atoms with Gasteiger partial charge < -0.3 is 33.3 Å². The maximum atomic E-state index is 12.9. The zero-order valence-electron chi connectivity index (χ0n) is 57.2. The van der Waals surface area contributed by atoms with E-state index in [2.05, 4.69) is 184 Å². The SMILES string of the molecule is CC/C=C\C/C=C\C/C=C\C/C=C\C/C=C\C/C=C\C/C=C\C/C=C\CCCCCCCCCCCCCCCCCCC(=O)OC(COC(=O)CCCCCC/C=C\C/C=C\C/C=C\C/C=C\C/C=C\C/C=C\CC)COC(OCC[N+](C)(C)C)C(=O)[O-]. The molecule has 0 rings (SSSR count). The summed E-state index contributed by atoms with van der Waals surface area (Å²) in [5, 5.41) is 11.8. The highest BCUT2D eigenvalue weighted by Gasteiger charge is 2.22. The molecule has 0 amide bonds. The van der Waals surface area contributed by atoms with E-state index < -0.39 is 24.3 Å². The molecule has 0 N–H and O–H groups in total. The molecule has 0 heterocycles. The number of carbonyl (C=O) groups is 3. The fraction of sp³-hybridized carbons (Fsp3) is 0.613. The van der Waals surface area contributed by atoms with Crippen LogP contribution in [0.3, 0.4) is 0 Å². The molecule has 502 valence electrons.